The molecular weight excluding hydrogens is 278 g/mol. The molecular formula is C13H12ClN5O. The zero-order chi connectivity index (χ0) is 14.1. The Kier molecular flexibility index (Phi) is 3.23. The molecule has 20 heavy (non-hydrogen) atoms. The van der Waals surface area contributed by atoms with Crippen molar-refractivity contribution < 1.29 is 0 Å². The largest absolute Gasteiger partial charge is 0.304 e. The van der Waals surface area contributed by atoms with Crippen LogP contribution in [0.25, 0.3) is 10.8 Å². The van der Waals surface area contributed by atoms with Crippen LogP contribution in [0.5, 0.6) is 0 Å². The van der Waals surface area contributed by atoms with Crippen LogP contribution in [0.1, 0.15) is 18.4 Å². The van der Waals surface area contributed by atoms with Crippen LogP contribution in [0.4, 0.5) is 0 Å². The summed E-state index contributed by atoms with van der Waals surface area (Å²) in [6, 6.07) is 7.42. The number of halogens is 1. The van der Waals surface area contributed by atoms with Gasteiger partial charge in [-0.15, -0.1) is 10.2 Å². The van der Waals surface area contributed by atoms with Crippen LogP contribution in [0.2, 0.25) is 5.02 Å². The average molecular weight is 290 g/mol. The molecule has 0 saturated carbocycles. The van der Waals surface area contributed by atoms with E-state index in [0.29, 0.717) is 16.2 Å². The Bertz CT molecular complexity index is 809. The Morgan fingerprint density at radius 1 is 1.40 bits per heavy atom. The van der Waals surface area contributed by atoms with Gasteiger partial charge in [-0.05, 0) is 23.9 Å². The van der Waals surface area contributed by atoms with Crippen molar-refractivity contribution in [3.63, 3.8) is 0 Å². The van der Waals surface area contributed by atoms with Gasteiger partial charge in [0.25, 0.3) is 5.56 Å². The quantitative estimate of drug-likeness (QED) is 0.797. The number of nitrogens with zero attached hydrogens (tertiary/aromatic N) is 4. The standard InChI is InChI=1S/C13H12ClN5O/c1-2-9-6-8-4-3-5-10(14)12(8)13(20)19(9)7-11-15-17-18-16-11/h3-6H,2,7H2,1H3,(H,15,16,17,18). The lowest BCUT2D eigenvalue weighted by molar-refractivity contribution is 0.682. The van der Waals surface area contributed by atoms with Gasteiger partial charge in [-0.1, -0.05) is 35.9 Å². The Balaban J connectivity index is 2.26. The monoisotopic (exact) mass is 289 g/mol. The van der Waals surface area contributed by atoms with E-state index >= 15 is 0 Å². The Morgan fingerprint density at radius 3 is 2.95 bits per heavy atom. The zero-order valence-corrected chi connectivity index (χ0v) is 11.6. The van der Waals surface area contributed by atoms with E-state index in [1.807, 2.05) is 25.1 Å². The first-order valence-electron chi connectivity index (χ1n) is 6.24. The van der Waals surface area contributed by atoms with E-state index < -0.39 is 0 Å². The maximum absolute atomic E-state index is 12.6. The number of fused-ring (bicyclic) bond motifs is 1. The Hall–Kier alpha value is -2.21. The van der Waals surface area contributed by atoms with Crippen LogP contribution in [0, 0.1) is 0 Å². The molecule has 0 atom stereocenters. The number of nitrogens with one attached hydrogen (secondary N) is 1. The molecule has 0 unspecified atom stereocenters. The Labute approximate surface area is 119 Å². The minimum absolute atomic E-state index is 0.130. The topological polar surface area (TPSA) is 76.5 Å². The van der Waals surface area contributed by atoms with Crippen molar-refractivity contribution in [2.24, 2.45) is 0 Å². The van der Waals surface area contributed by atoms with Crippen molar-refractivity contribution in [2.75, 3.05) is 0 Å². The summed E-state index contributed by atoms with van der Waals surface area (Å²) >= 11 is 6.15. The first kappa shape index (κ1) is 12.8. The van der Waals surface area contributed by atoms with Crippen molar-refractivity contribution in [3.05, 3.63) is 51.2 Å². The molecule has 0 saturated heterocycles. The number of benzene rings is 1. The second kappa shape index (κ2) is 5.05. The molecule has 0 bridgehead atoms. The molecule has 0 spiro atoms. The molecule has 6 nitrogen and oxygen atoms in total. The van der Waals surface area contributed by atoms with Gasteiger partial charge in [0.1, 0.15) is 0 Å². The summed E-state index contributed by atoms with van der Waals surface area (Å²) in [6.07, 6.45) is 0.732. The van der Waals surface area contributed by atoms with Crippen LogP contribution in [0.3, 0.4) is 0 Å². The van der Waals surface area contributed by atoms with Crippen molar-refractivity contribution in [3.8, 4) is 0 Å². The molecule has 7 heteroatoms. The molecule has 3 rings (SSSR count). The highest BCUT2D eigenvalue weighted by molar-refractivity contribution is 6.35. The molecule has 1 N–H and O–H groups in total. The van der Waals surface area contributed by atoms with Gasteiger partial charge in [0, 0.05) is 5.69 Å². The number of hydrogen-bond donors (Lipinski definition) is 1. The minimum atomic E-state index is -0.130. The van der Waals surface area contributed by atoms with E-state index in [0.717, 1.165) is 17.5 Å². The smallest absolute Gasteiger partial charge is 0.260 e. The van der Waals surface area contributed by atoms with Crippen LogP contribution >= 0.6 is 11.6 Å². The minimum Gasteiger partial charge on any atom is -0.304 e. The molecule has 0 aliphatic carbocycles. The Morgan fingerprint density at radius 2 is 2.25 bits per heavy atom. The second-order valence-electron chi connectivity index (χ2n) is 4.41. The van der Waals surface area contributed by atoms with Crippen molar-refractivity contribution in [1.82, 2.24) is 25.2 Å². The number of aromatic amines is 1. The van der Waals surface area contributed by atoms with Crippen LogP contribution in [-0.4, -0.2) is 25.2 Å². The fourth-order valence-corrected chi connectivity index (χ4v) is 2.53. The molecule has 0 amide bonds. The third-order valence-corrected chi connectivity index (χ3v) is 3.54. The predicted octanol–water partition coefficient (Wildman–Crippen LogP) is 1.78. The van der Waals surface area contributed by atoms with E-state index in [-0.39, 0.29) is 12.1 Å². The molecule has 2 heterocycles. The lowest BCUT2D eigenvalue weighted by Gasteiger charge is -2.12. The molecule has 0 fully saturated rings. The summed E-state index contributed by atoms with van der Waals surface area (Å²) in [5.41, 5.74) is 0.782. The summed E-state index contributed by atoms with van der Waals surface area (Å²) in [4.78, 5) is 12.6. The zero-order valence-electron chi connectivity index (χ0n) is 10.8. The van der Waals surface area contributed by atoms with Gasteiger partial charge in [-0.2, -0.15) is 5.21 Å². The van der Waals surface area contributed by atoms with E-state index in [9.17, 15) is 4.79 Å². The van der Waals surface area contributed by atoms with Gasteiger partial charge in [-0.25, -0.2) is 0 Å². The van der Waals surface area contributed by atoms with Crippen LogP contribution < -0.4 is 5.56 Å². The van der Waals surface area contributed by atoms with Crippen LogP contribution in [0.15, 0.2) is 29.1 Å². The molecule has 3 aromatic rings. The highest BCUT2D eigenvalue weighted by Crippen LogP contribution is 2.21. The maximum Gasteiger partial charge on any atom is 0.260 e. The molecule has 0 aliphatic rings. The highest BCUT2D eigenvalue weighted by atomic mass is 35.5. The molecule has 102 valence electrons. The molecule has 0 radical (unpaired) electrons. The summed E-state index contributed by atoms with van der Waals surface area (Å²) in [5.74, 6) is 0.466. The van der Waals surface area contributed by atoms with E-state index in [1.165, 1.54) is 0 Å². The fourth-order valence-electron chi connectivity index (χ4n) is 2.27. The lowest BCUT2D eigenvalue weighted by atomic mass is 10.1. The van der Waals surface area contributed by atoms with Gasteiger partial charge in [0.05, 0.1) is 17.0 Å². The first-order chi connectivity index (χ1) is 9.70. The van der Waals surface area contributed by atoms with E-state index in [4.69, 9.17) is 11.6 Å². The number of aryl methyl sites for hydroxylation is 1. The van der Waals surface area contributed by atoms with Crippen molar-refractivity contribution in [1.29, 1.82) is 0 Å². The van der Waals surface area contributed by atoms with Gasteiger partial charge in [0.2, 0.25) is 0 Å². The van der Waals surface area contributed by atoms with Crippen molar-refractivity contribution in [2.45, 2.75) is 19.9 Å². The SMILES string of the molecule is CCc1cc2cccc(Cl)c2c(=O)n1Cc1nn[nH]n1. The third kappa shape index (κ3) is 2.08. The van der Waals surface area contributed by atoms with E-state index in [1.54, 1.807) is 10.6 Å². The number of pyridine rings is 1. The summed E-state index contributed by atoms with van der Waals surface area (Å²) < 4.78 is 1.64. The summed E-state index contributed by atoms with van der Waals surface area (Å²) in [5, 5.41) is 15.5. The number of tetrazole rings is 1. The molecule has 0 aliphatic heterocycles. The second-order valence-corrected chi connectivity index (χ2v) is 4.82. The predicted molar refractivity (Wildman–Crippen MR) is 75.9 cm³/mol. The van der Waals surface area contributed by atoms with Gasteiger partial charge < -0.3 is 4.57 Å². The summed E-state index contributed by atoms with van der Waals surface area (Å²) in [6.45, 7) is 2.28. The normalized spacial score (nSPS) is 11.1. The van der Waals surface area contributed by atoms with Crippen LogP contribution in [-0.2, 0) is 13.0 Å². The average Bonchev–Trinajstić information content (AvgIpc) is 2.94. The number of rotatable bonds is 3. The maximum atomic E-state index is 12.6. The summed E-state index contributed by atoms with van der Waals surface area (Å²) in [7, 11) is 0. The first-order valence-corrected chi connectivity index (χ1v) is 6.61. The van der Waals surface area contributed by atoms with E-state index in [2.05, 4.69) is 20.6 Å². The number of hydrogen-bond acceptors (Lipinski definition) is 4. The number of aromatic nitrogens is 5. The molecule has 1 aromatic carbocycles. The van der Waals surface area contributed by atoms with Gasteiger partial charge in [0.15, 0.2) is 5.82 Å². The van der Waals surface area contributed by atoms with Gasteiger partial charge >= 0.3 is 0 Å². The van der Waals surface area contributed by atoms with Gasteiger partial charge in [-0.3, -0.25) is 4.79 Å². The molecule has 2 aromatic heterocycles. The highest BCUT2D eigenvalue weighted by Gasteiger charge is 2.12. The van der Waals surface area contributed by atoms with Crippen molar-refractivity contribution >= 4 is 22.4 Å². The number of H-pyrrole nitrogens is 1. The lowest BCUT2D eigenvalue weighted by Crippen LogP contribution is -2.25. The fraction of sp³-hybridized carbons (Fsp3) is 0.231. The third-order valence-electron chi connectivity index (χ3n) is 3.22.